The molecular formula is C24H22N2O6S. The Morgan fingerprint density at radius 2 is 1.85 bits per heavy atom. The molecule has 9 heteroatoms. The standard InChI is InChI=1S/C24H22N2O6S/c1-30-19-9-8-16(10-20(19)31-2)24(29)13-33-22-18(12-25)17(11-21(27)26(22)24)14-4-6-15(7-5-14)23(28)32-3/h4-10,17,29H,11,13H2,1-3H3/t17-,24-/m1/s1. The van der Waals surface area contributed by atoms with Gasteiger partial charge in [-0.15, -0.1) is 11.8 Å². The van der Waals surface area contributed by atoms with Crippen molar-refractivity contribution in [2.45, 2.75) is 18.1 Å². The van der Waals surface area contributed by atoms with E-state index in [9.17, 15) is 20.0 Å². The van der Waals surface area contributed by atoms with Gasteiger partial charge in [0.1, 0.15) is 0 Å². The summed E-state index contributed by atoms with van der Waals surface area (Å²) in [5.41, 5.74) is 0.366. The van der Waals surface area contributed by atoms with Crippen molar-refractivity contribution in [2.24, 2.45) is 0 Å². The largest absolute Gasteiger partial charge is 0.493 e. The monoisotopic (exact) mass is 466 g/mol. The van der Waals surface area contributed by atoms with Crippen LogP contribution < -0.4 is 9.47 Å². The first-order chi connectivity index (χ1) is 15.9. The lowest BCUT2D eigenvalue weighted by Gasteiger charge is -2.38. The van der Waals surface area contributed by atoms with Crippen molar-refractivity contribution < 1.29 is 28.9 Å². The lowest BCUT2D eigenvalue weighted by Crippen LogP contribution is -2.48. The average molecular weight is 467 g/mol. The molecule has 1 amide bonds. The zero-order valence-corrected chi connectivity index (χ0v) is 19.1. The fourth-order valence-corrected chi connectivity index (χ4v) is 5.54. The van der Waals surface area contributed by atoms with Gasteiger partial charge < -0.3 is 19.3 Å². The van der Waals surface area contributed by atoms with Crippen molar-refractivity contribution in [3.63, 3.8) is 0 Å². The van der Waals surface area contributed by atoms with Crippen LogP contribution in [0.3, 0.4) is 0 Å². The summed E-state index contributed by atoms with van der Waals surface area (Å²) >= 11 is 1.26. The van der Waals surface area contributed by atoms with Gasteiger partial charge in [-0.2, -0.15) is 5.26 Å². The predicted molar refractivity (Wildman–Crippen MR) is 121 cm³/mol. The van der Waals surface area contributed by atoms with E-state index < -0.39 is 17.6 Å². The number of hydrogen-bond acceptors (Lipinski definition) is 8. The molecule has 0 unspecified atom stereocenters. The number of aliphatic hydroxyl groups is 1. The first-order valence-corrected chi connectivity index (χ1v) is 11.1. The van der Waals surface area contributed by atoms with Gasteiger partial charge in [0.15, 0.2) is 17.2 Å². The minimum atomic E-state index is -1.63. The minimum absolute atomic E-state index is 0.0140. The Kier molecular flexibility index (Phi) is 6.06. The Hall–Kier alpha value is -3.48. The molecule has 0 aliphatic carbocycles. The molecule has 2 aliphatic heterocycles. The van der Waals surface area contributed by atoms with Crippen molar-refractivity contribution in [1.82, 2.24) is 4.90 Å². The number of carbonyl (C=O) groups is 2. The Balaban J connectivity index is 1.74. The smallest absolute Gasteiger partial charge is 0.337 e. The third-order valence-corrected chi connectivity index (χ3v) is 7.11. The molecule has 1 N–H and O–H groups in total. The number of hydrogen-bond donors (Lipinski definition) is 1. The molecule has 8 nitrogen and oxygen atoms in total. The molecule has 2 aromatic carbocycles. The van der Waals surface area contributed by atoms with Crippen LogP contribution in [0, 0.1) is 11.3 Å². The normalized spacial score (nSPS) is 22.0. The number of thioether (sulfide) groups is 1. The first kappa shape index (κ1) is 22.7. The van der Waals surface area contributed by atoms with Crippen LogP contribution >= 0.6 is 11.8 Å². The number of carbonyl (C=O) groups excluding carboxylic acids is 2. The van der Waals surface area contributed by atoms with Gasteiger partial charge in [0, 0.05) is 17.9 Å². The van der Waals surface area contributed by atoms with E-state index in [1.54, 1.807) is 42.5 Å². The van der Waals surface area contributed by atoms with Crippen LogP contribution in [0.1, 0.15) is 33.8 Å². The molecule has 33 heavy (non-hydrogen) atoms. The van der Waals surface area contributed by atoms with Gasteiger partial charge >= 0.3 is 5.97 Å². The summed E-state index contributed by atoms with van der Waals surface area (Å²) in [6, 6.07) is 13.9. The number of ether oxygens (including phenoxy) is 3. The van der Waals surface area contributed by atoms with E-state index in [0.717, 1.165) is 5.56 Å². The summed E-state index contributed by atoms with van der Waals surface area (Å²) in [5, 5.41) is 22.0. The molecule has 1 fully saturated rings. The molecule has 2 aliphatic rings. The Bertz CT molecular complexity index is 1190. The van der Waals surface area contributed by atoms with Crippen molar-refractivity contribution in [2.75, 3.05) is 27.1 Å². The molecule has 0 radical (unpaired) electrons. The molecule has 1 saturated heterocycles. The maximum Gasteiger partial charge on any atom is 0.337 e. The molecule has 0 spiro atoms. The molecule has 0 aromatic heterocycles. The fraction of sp³-hybridized carbons (Fsp3) is 0.292. The van der Waals surface area contributed by atoms with Gasteiger partial charge in [-0.3, -0.25) is 9.69 Å². The van der Waals surface area contributed by atoms with Gasteiger partial charge in [0.2, 0.25) is 5.91 Å². The van der Waals surface area contributed by atoms with Crippen LogP contribution in [0.2, 0.25) is 0 Å². The van der Waals surface area contributed by atoms with Gasteiger partial charge in [0.25, 0.3) is 0 Å². The quantitative estimate of drug-likeness (QED) is 0.670. The van der Waals surface area contributed by atoms with Crippen molar-refractivity contribution in [3.8, 4) is 17.6 Å². The number of methoxy groups -OCH3 is 3. The zero-order chi connectivity index (χ0) is 23.8. The highest BCUT2D eigenvalue weighted by atomic mass is 32.2. The maximum absolute atomic E-state index is 13.3. The first-order valence-electron chi connectivity index (χ1n) is 10.1. The number of allylic oxidation sites excluding steroid dienone is 1. The Labute approximate surface area is 195 Å². The number of nitrogens with zero attached hydrogens (tertiary/aromatic N) is 2. The Morgan fingerprint density at radius 3 is 2.45 bits per heavy atom. The SMILES string of the molecule is COC(=O)c1ccc([C@H]2CC(=O)N3C(=C2C#N)SC[C@@]3(O)c2ccc(OC)c(OC)c2)cc1. The third kappa shape index (κ3) is 3.71. The van der Waals surface area contributed by atoms with Crippen LogP contribution in [0.4, 0.5) is 0 Å². The molecule has 2 atom stereocenters. The van der Waals surface area contributed by atoms with Crippen LogP contribution in [0.5, 0.6) is 11.5 Å². The maximum atomic E-state index is 13.3. The summed E-state index contributed by atoms with van der Waals surface area (Å²) in [6.07, 6.45) is 0.0140. The highest BCUT2D eigenvalue weighted by Crippen LogP contribution is 2.52. The molecule has 170 valence electrons. The van der Waals surface area contributed by atoms with Crippen LogP contribution in [0.15, 0.2) is 53.1 Å². The number of rotatable bonds is 5. The molecule has 4 rings (SSSR count). The van der Waals surface area contributed by atoms with Gasteiger partial charge in [-0.25, -0.2) is 4.79 Å². The zero-order valence-electron chi connectivity index (χ0n) is 18.3. The summed E-state index contributed by atoms with van der Waals surface area (Å²) < 4.78 is 15.3. The molecule has 0 bridgehead atoms. The number of fused-ring (bicyclic) bond motifs is 1. The molecular weight excluding hydrogens is 444 g/mol. The van der Waals surface area contributed by atoms with E-state index in [2.05, 4.69) is 6.07 Å². The van der Waals surface area contributed by atoms with E-state index in [4.69, 9.17) is 14.2 Å². The number of amides is 1. The van der Waals surface area contributed by atoms with Crippen molar-refractivity contribution in [1.29, 1.82) is 5.26 Å². The van der Waals surface area contributed by atoms with E-state index in [-0.39, 0.29) is 18.1 Å². The second kappa shape index (κ2) is 8.81. The second-order valence-corrected chi connectivity index (χ2v) is 8.57. The third-order valence-electron chi connectivity index (χ3n) is 5.89. The predicted octanol–water partition coefficient (Wildman–Crippen LogP) is 3.13. The number of nitriles is 1. The van der Waals surface area contributed by atoms with Crippen LogP contribution in [0.25, 0.3) is 0 Å². The average Bonchev–Trinajstić information content (AvgIpc) is 3.22. The van der Waals surface area contributed by atoms with E-state index in [0.29, 0.717) is 33.2 Å². The Morgan fingerprint density at radius 1 is 1.15 bits per heavy atom. The molecule has 0 saturated carbocycles. The van der Waals surface area contributed by atoms with Gasteiger partial charge in [-0.1, -0.05) is 18.2 Å². The van der Waals surface area contributed by atoms with E-state index >= 15 is 0 Å². The van der Waals surface area contributed by atoms with E-state index in [1.807, 2.05) is 0 Å². The number of benzene rings is 2. The van der Waals surface area contributed by atoms with Gasteiger partial charge in [-0.05, 0) is 29.8 Å². The van der Waals surface area contributed by atoms with Crippen LogP contribution in [-0.4, -0.2) is 49.0 Å². The van der Waals surface area contributed by atoms with Crippen molar-refractivity contribution >= 4 is 23.6 Å². The summed E-state index contributed by atoms with van der Waals surface area (Å²) in [7, 11) is 4.32. The van der Waals surface area contributed by atoms with Crippen molar-refractivity contribution in [3.05, 3.63) is 69.8 Å². The second-order valence-electron chi connectivity index (χ2n) is 7.61. The minimum Gasteiger partial charge on any atom is -0.493 e. The number of esters is 1. The summed E-state index contributed by atoms with van der Waals surface area (Å²) in [5.74, 6) is -0.126. The summed E-state index contributed by atoms with van der Waals surface area (Å²) in [6.45, 7) is 0. The van der Waals surface area contributed by atoms with E-state index in [1.165, 1.54) is 38.0 Å². The summed E-state index contributed by atoms with van der Waals surface area (Å²) in [4.78, 5) is 26.3. The molecule has 2 aromatic rings. The molecule has 2 heterocycles. The topological polar surface area (TPSA) is 109 Å². The van der Waals surface area contributed by atoms with Crippen LogP contribution in [-0.2, 0) is 15.3 Å². The highest BCUT2D eigenvalue weighted by Gasteiger charge is 2.52. The lowest BCUT2D eigenvalue weighted by molar-refractivity contribution is -0.149. The lowest BCUT2D eigenvalue weighted by atomic mass is 9.85. The van der Waals surface area contributed by atoms with Gasteiger partial charge in [0.05, 0.1) is 49.3 Å². The fourth-order valence-electron chi connectivity index (χ4n) is 4.18. The highest BCUT2D eigenvalue weighted by molar-refractivity contribution is 8.03.